The third-order valence-electron chi connectivity index (χ3n) is 2.92. The topological polar surface area (TPSA) is 29.1 Å². The molecule has 1 rings (SSSR count). The van der Waals surface area contributed by atoms with E-state index in [4.69, 9.17) is 0 Å². The molecule has 0 aromatic carbocycles. The second kappa shape index (κ2) is 4.61. The molecule has 1 aliphatic heterocycles. The largest absolute Gasteiger partial charge is 0.351 e. The van der Waals surface area contributed by atoms with Gasteiger partial charge in [-0.25, -0.2) is 0 Å². The molecule has 3 heteroatoms. The van der Waals surface area contributed by atoms with Gasteiger partial charge in [-0.2, -0.15) is 0 Å². The Hall–Kier alpha value is -0.570. The number of nitrogens with one attached hydrogen (secondary N) is 1. The fourth-order valence-corrected chi connectivity index (χ4v) is 2.00. The number of hydrogen-bond acceptors (Lipinski definition) is 1. The van der Waals surface area contributed by atoms with Crippen molar-refractivity contribution >= 4 is 5.91 Å². The number of hydrogen-bond donors (Lipinski definition) is 1. The minimum Gasteiger partial charge on any atom is -0.351 e. The molecular weight excluding hydrogens is 164 g/mol. The first-order valence-corrected chi connectivity index (χ1v) is 5.20. The Bertz CT molecular complexity index is 174. The van der Waals surface area contributed by atoms with E-state index in [1.54, 1.807) is 6.92 Å². The molecule has 1 fully saturated rings. The van der Waals surface area contributed by atoms with Gasteiger partial charge in [0.15, 0.2) is 0 Å². The van der Waals surface area contributed by atoms with Crippen molar-refractivity contribution in [2.75, 3.05) is 33.2 Å². The highest BCUT2D eigenvalue weighted by Crippen LogP contribution is 2.14. The first-order chi connectivity index (χ1) is 6.12. The Balaban J connectivity index is 2.21. The summed E-state index contributed by atoms with van der Waals surface area (Å²) in [4.78, 5) is 10.7. The molecule has 1 heterocycles. The van der Waals surface area contributed by atoms with Gasteiger partial charge in [-0.05, 0) is 19.3 Å². The van der Waals surface area contributed by atoms with Crippen LogP contribution in [0.3, 0.4) is 0 Å². The Morgan fingerprint density at radius 1 is 1.31 bits per heavy atom. The highest BCUT2D eigenvalue weighted by molar-refractivity contribution is 5.72. The number of quaternary nitrogens is 1. The summed E-state index contributed by atoms with van der Waals surface area (Å²) in [5.41, 5.74) is 0. The van der Waals surface area contributed by atoms with Gasteiger partial charge < -0.3 is 9.80 Å². The molecule has 1 aliphatic rings. The van der Waals surface area contributed by atoms with Gasteiger partial charge in [0.05, 0.1) is 33.2 Å². The highest BCUT2D eigenvalue weighted by Gasteiger charge is 2.23. The van der Waals surface area contributed by atoms with Crippen molar-refractivity contribution in [3.8, 4) is 0 Å². The van der Waals surface area contributed by atoms with E-state index < -0.39 is 0 Å². The summed E-state index contributed by atoms with van der Waals surface area (Å²) in [5, 5.41) is 2.86. The van der Waals surface area contributed by atoms with Crippen LogP contribution in [0.15, 0.2) is 0 Å². The Kier molecular flexibility index (Phi) is 3.72. The van der Waals surface area contributed by atoms with E-state index in [1.165, 1.54) is 32.4 Å². The first-order valence-electron chi connectivity index (χ1n) is 5.20. The molecule has 76 valence electrons. The summed E-state index contributed by atoms with van der Waals surface area (Å²) >= 11 is 0. The van der Waals surface area contributed by atoms with Crippen molar-refractivity contribution in [1.29, 1.82) is 0 Å². The number of likely N-dealkylation sites (N-methyl/N-ethyl adjacent to an activating group) is 1. The van der Waals surface area contributed by atoms with Gasteiger partial charge >= 0.3 is 0 Å². The molecular formula is C10H21N2O+. The van der Waals surface area contributed by atoms with E-state index in [2.05, 4.69) is 12.4 Å². The predicted molar refractivity (Wildman–Crippen MR) is 53.3 cm³/mol. The molecule has 3 nitrogen and oxygen atoms in total. The summed E-state index contributed by atoms with van der Waals surface area (Å²) in [6.07, 6.45) is 4.07. The van der Waals surface area contributed by atoms with Gasteiger partial charge in [-0.3, -0.25) is 4.79 Å². The molecule has 0 aromatic rings. The second-order valence-electron chi connectivity index (χ2n) is 4.33. The first kappa shape index (κ1) is 10.5. The lowest BCUT2D eigenvalue weighted by molar-refractivity contribution is -0.912. The molecule has 0 atom stereocenters. The van der Waals surface area contributed by atoms with Crippen LogP contribution in [0.2, 0.25) is 0 Å². The van der Waals surface area contributed by atoms with Crippen molar-refractivity contribution in [3.05, 3.63) is 0 Å². The third kappa shape index (κ3) is 3.77. The quantitative estimate of drug-likeness (QED) is 0.646. The molecule has 0 bridgehead atoms. The molecule has 1 saturated heterocycles. The Labute approximate surface area is 80.7 Å². The van der Waals surface area contributed by atoms with E-state index in [0.717, 1.165) is 17.6 Å². The average Bonchev–Trinajstić information content (AvgIpc) is 2.04. The molecule has 0 spiro atoms. The van der Waals surface area contributed by atoms with E-state index in [0.29, 0.717) is 0 Å². The number of carbonyl (C=O) groups excluding carboxylic acids is 1. The lowest BCUT2D eigenvalue weighted by Crippen LogP contribution is -2.51. The maximum Gasteiger partial charge on any atom is 0.217 e. The normalized spacial score (nSPS) is 21.1. The summed E-state index contributed by atoms with van der Waals surface area (Å²) in [5.74, 6) is 0.0867. The third-order valence-corrected chi connectivity index (χ3v) is 2.92. The smallest absolute Gasteiger partial charge is 0.217 e. The van der Waals surface area contributed by atoms with Crippen LogP contribution in [0.1, 0.15) is 26.2 Å². The SMILES string of the molecule is CC(=O)NCC[N+]1(C)CCCCC1. The molecule has 0 saturated carbocycles. The van der Waals surface area contributed by atoms with Gasteiger partial charge in [0.25, 0.3) is 0 Å². The van der Waals surface area contributed by atoms with Gasteiger partial charge in [0, 0.05) is 6.92 Å². The maximum atomic E-state index is 10.7. The maximum absolute atomic E-state index is 10.7. The van der Waals surface area contributed by atoms with Crippen LogP contribution in [0, 0.1) is 0 Å². The lowest BCUT2D eigenvalue weighted by atomic mass is 10.1. The number of rotatable bonds is 3. The Morgan fingerprint density at radius 2 is 1.92 bits per heavy atom. The minimum atomic E-state index is 0.0867. The molecule has 13 heavy (non-hydrogen) atoms. The zero-order chi connectivity index (χ0) is 9.73. The standard InChI is InChI=1S/C10H20N2O/c1-10(13)11-6-9-12(2)7-4-3-5-8-12/h3-9H2,1-2H3/p+1. The number of amides is 1. The zero-order valence-corrected chi connectivity index (χ0v) is 8.81. The van der Waals surface area contributed by atoms with E-state index in [9.17, 15) is 4.79 Å². The molecule has 0 aliphatic carbocycles. The van der Waals surface area contributed by atoms with Crippen molar-refractivity contribution in [3.63, 3.8) is 0 Å². The molecule has 1 amide bonds. The van der Waals surface area contributed by atoms with Crippen LogP contribution in [-0.4, -0.2) is 43.6 Å². The van der Waals surface area contributed by atoms with Crippen molar-refractivity contribution in [2.45, 2.75) is 26.2 Å². The molecule has 0 radical (unpaired) electrons. The average molecular weight is 185 g/mol. The van der Waals surface area contributed by atoms with Crippen LogP contribution in [0.4, 0.5) is 0 Å². The predicted octanol–water partition coefficient (Wildman–Crippen LogP) is 0.753. The molecule has 1 N–H and O–H groups in total. The molecule has 0 unspecified atom stereocenters. The van der Waals surface area contributed by atoms with Gasteiger partial charge in [-0.15, -0.1) is 0 Å². The highest BCUT2D eigenvalue weighted by atomic mass is 16.1. The number of piperidine rings is 1. The van der Waals surface area contributed by atoms with Crippen LogP contribution in [0.25, 0.3) is 0 Å². The van der Waals surface area contributed by atoms with Gasteiger partial charge in [0.2, 0.25) is 5.91 Å². The summed E-state index contributed by atoms with van der Waals surface area (Å²) in [6.45, 7) is 6.04. The van der Waals surface area contributed by atoms with Crippen molar-refractivity contribution in [2.24, 2.45) is 0 Å². The number of carbonyl (C=O) groups is 1. The summed E-state index contributed by atoms with van der Waals surface area (Å²) in [7, 11) is 2.29. The van der Waals surface area contributed by atoms with E-state index in [-0.39, 0.29) is 5.91 Å². The van der Waals surface area contributed by atoms with E-state index >= 15 is 0 Å². The van der Waals surface area contributed by atoms with Crippen LogP contribution in [-0.2, 0) is 4.79 Å². The summed E-state index contributed by atoms with van der Waals surface area (Å²) < 4.78 is 1.14. The molecule has 0 aromatic heterocycles. The minimum absolute atomic E-state index is 0.0867. The monoisotopic (exact) mass is 185 g/mol. The van der Waals surface area contributed by atoms with Crippen LogP contribution in [0.5, 0.6) is 0 Å². The van der Waals surface area contributed by atoms with Crippen molar-refractivity contribution < 1.29 is 9.28 Å². The van der Waals surface area contributed by atoms with E-state index in [1.807, 2.05) is 0 Å². The van der Waals surface area contributed by atoms with Crippen LogP contribution >= 0.6 is 0 Å². The van der Waals surface area contributed by atoms with Gasteiger partial charge in [0.1, 0.15) is 0 Å². The number of nitrogens with zero attached hydrogens (tertiary/aromatic N) is 1. The second-order valence-corrected chi connectivity index (χ2v) is 4.33. The fraction of sp³-hybridized carbons (Fsp3) is 0.900. The van der Waals surface area contributed by atoms with Crippen molar-refractivity contribution in [1.82, 2.24) is 5.32 Å². The summed E-state index contributed by atoms with van der Waals surface area (Å²) in [6, 6.07) is 0. The Morgan fingerprint density at radius 3 is 2.46 bits per heavy atom. The lowest BCUT2D eigenvalue weighted by Gasteiger charge is -2.37. The van der Waals surface area contributed by atoms with Crippen LogP contribution < -0.4 is 5.32 Å². The zero-order valence-electron chi connectivity index (χ0n) is 8.81. The fourth-order valence-electron chi connectivity index (χ4n) is 2.00. The number of likely N-dealkylation sites (tertiary alicyclic amines) is 1. The van der Waals surface area contributed by atoms with Gasteiger partial charge in [-0.1, -0.05) is 0 Å².